The molecule has 0 spiro atoms. The number of carbonyl (C=O) groups is 1. The van der Waals surface area contributed by atoms with Crippen molar-refractivity contribution in [2.75, 3.05) is 0 Å². The van der Waals surface area contributed by atoms with Gasteiger partial charge in [0.05, 0.1) is 6.26 Å². The van der Waals surface area contributed by atoms with E-state index in [4.69, 9.17) is 18.2 Å². The van der Waals surface area contributed by atoms with Crippen LogP contribution in [0.5, 0.6) is 0 Å². The van der Waals surface area contributed by atoms with Gasteiger partial charge >= 0.3 is 5.97 Å². The molecule has 0 aliphatic heterocycles. The Hall–Kier alpha value is -2.83. The highest BCUT2D eigenvalue weighted by atomic mass is 16.5. The second-order valence-corrected chi connectivity index (χ2v) is 4.06. The summed E-state index contributed by atoms with van der Waals surface area (Å²) in [5, 5.41) is 7.35. The Morgan fingerprint density at radius 1 is 1.25 bits per heavy atom. The van der Waals surface area contributed by atoms with Crippen LogP contribution in [0.3, 0.4) is 0 Å². The average molecular weight is 274 g/mol. The summed E-state index contributed by atoms with van der Waals surface area (Å²) in [5.41, 5.74) is 0.599. The minimum Gasteiger partial charge on any atom is -0.461 e. The minimum absolute atomic E-state index is 0.0189. The Bertz CT molecular complexity index is 711. The molecule has 20 heavy (non-hydrogen) atoms. The van der Waals surface area contributed by atoms with Gasteiger partial charge < -0.3 is 18.2 Å². The van der Waals surface area contributed by atoms with E-state index in [2.05, 4.69) is 10.3 Å². The molecule has 3 rings (SSSR count). The van der Waals surface area contributed by atoms with E-state index in [9.17, 15) is 4.79 Å². The molecule has 0 unspecified atom stereocenters. The first-order valence-electron chi connectivity index (χ1n) is 5.82. The van der Waals surface area contributed by atoms with E-state index in [1.165, 1.54) is 12.3 Å². The molecule has 3 aromatic heterocycles. The number of carbonyl (C=O) groups excluding carboxylic acids is 1. The second-order valence-electron chi connectivity index (χ2n) is 4.06. The lowest BCUT2D eigenvalue weighted by molar-refractivity contribution is 0.0452. The van der Waals surface area contributed by atoms with Gasteiger partial charge in [-0.1, -0.05) is 10.3 Å². The SMILES string of the molecule is Cc1cc(C(=O)OCc2cc(-c3ccco3)on2)no1. The maximum atomic E-state index is 11.6. The van der Waals surface area contributed by atoms with Gasteiger partial charge in [-0.2, -0.15) is 0 Å². The van der Waals surface area contributed by atoms with Crippen molar-refractivity contribution in [1.29, 1.82) is 0 Å². The minimum atomic E-state index is -0.579. The quantitative estimate of drug-likeness (QED) is 0.675. The van der Waals surface area contributed by atoms with Crippen LogP contribution >= 0.6 is 0 Å². The van der Waals surface area contributed by atoms with Crippen LogP contribution in [0, 0.1) is 6.92 Å². The number of hydrogen-bond acceptors (Lipinski definition) is 7. The highest BCUT2D eigenvalue weighted by molar-refractivity contribution is 5.87. The Labute approximate surface area is 113 Å². The van der Waals surface area contributed by atoms with Crippen molar-refractivity contribution in [3.05, 3.63) is 47.7 Å². The zero-order chi connectivity index (χ0) is 13.9. The predicted octanol–water partition coefficient (Wildman–Crippen LogP) is 2.59. The zero-order valence-corrected chi connectivity index (χ0v) is 10.5. The predicted molar refractivity (Wildman–Crippen MR) is 64.6 cm³/mol. The van der Waals surface area contributed by atoms with Crippen molar-refractivity contribution in [3.8, 4) is 11.5 Å². The highest BCUT2D eigenvalue weighted by Crippen LogP contribution is 2.20. The lowest BCUT2D eigenvalue weighted by Gasteiger charge is -1.97. The topological polar surface area (TPSA) is 91.5 Å². The number of esters is 1. The van der Waals surface area contributed by atoms with E-state index in [1.807, 2.05) is 0 Å². The lowest BCUT2D eigenvalue weighted by Crippen LogP contribution is -2.05. The van der Waals surface area contributed by atoms with Crippen LogP contribution in [0.2, 0.25) is 0 Å². The van der Waals surface area contributed by atoms with Crippen LogP contribution in [0.25, 0.3) is 11.5 Å². The van der Waals surface area contributed by atoms with E-state index in [-0.39, 0.29) is 12.3 Å². The van der Waals surface area contributed by atoms with Gasteiger partial charge in [0.25, 0.3) is 0 Å². The molecule has 3 aromatic rings. The molecule has 3 heterocycles. The molecule has 102 valence electrons. The normalized spacial score (nSPS) is 10.7. The molecule has 0 saturated carbocycles. The molecule has 0 saturated heterocycles. The Morgan fingerprint density at radius 3 is 2.85 bits per heavy atom. The summed E-state index contributed by atoms with van der Waals surface area (Å²) in [7, 11) is 0. The first-order chi connectivity index (χ1) is 9.72. The Balaban J connectivity index is 1.63. The van der Waals surface area contributed by atoms with Crippen LogP contribution < -0.4 is 0 Å². The zero-order valence-electron chi connectivity index (χ0n) is 10.5. The van der Waals surface area contributed by atoms with E-state index >= 15 is 0 Å². The monoisotopic (exact) mass is 274 g/mol. The molecule has 0 aliphatic rings. The molecule has 0 radical (unpaired) electrons. The summed E-state index contributed by atoms with van der Waals surface area (Å²) in [6, 6.07) is 6.62. The summed E-state index contributed by atoms with van der Waals surface area (Å²) < 4.78 is 20.1. The van der Waals surface area contributed by atoms with Crippen LogP contribution in [0.1, 0.15) is 21.9 Å². The Morgan fingerprint density at radius 2 is 2.15 bits per heavy atom. The largest absolute Gasteiger partial charge is 0.461 e. The van der Waals surface area contributed by atoms with E-state index < -0.39 is 5.97 Å². The van der Waals surface area contributed by atoms with Crippen molar-refractivity contribution < 1.29 is 23.0 Å². The smallest absolute Gasteiger partial charge is 0.360 e. The third-order valence-electron chi connectivity index (χ3n) is 2.51. The van der Waals surface area contributed by atoms with Crippen molar-refractivity contribution in [2.24, 2.45) is 0 Å². The molecule has 0 bridgehead atoms. The molecule has 7 nitrogen and oxygen atoms in total. The van der Waals surface area contributed by atoms with Gasteiger partial charge in [0.2, 0.25) is 5.76 Å². The van der Waals surface area contributed by atoms with E-state index in [0.29, 0.717) is 23.0 Å². The van der Waals surface area contributed by atoms with Gasteiger partial charge in [-0.3, -0.25) is 0 Å². The number of ether oxygens (including phenoxy) is 1. The van der Waals surface area contributed by atoms with Gasteiger partial charge in [-0.05, 0) is 19.1 Å². The molecule has 7 heteroatoms. The molecular weight excluding hydrogens is 264 g/mol. The number of rotatable bonds is 4. The summed E-state index contributed by atoms with van der Waals surface area (Å²) >= 11 is 0. The maximum absolute atomic E-state index is 11.6. The lowest BCUT2D eigenvalue weighted by atomic mass is 10.3. The summed E-state index contributed by atoms with van der Waals surface area (Å²) in [4.78, 5) is 11.6. The standard InChI is InChI=1S/C13H10N2O5/c1-8-5-10(15-19-8)13(16)18-7-9-6-12(20-14-9)11-3-2-4-17-11/h2-6H,7H2,1H3. The first kappa shape index (κ1) is 12.2. The van der Waals surface area contributed by atoms with Crippen molar-refractivity contribution >= 4 is 5.97 Å². The first-order valence-corrected chi connectivity index (χ1v) is 5.82. The second kappa shape index (κ2) is 5.04. The fourth-order valence-corrected chi connectivity index (χ4v) is 1.59. The third-order valence-corrected chi connectivity index (χ3v) is 2.51. The average Bonchev–Trinajstić information content (AvgIpc) is 3.16. The molecule has 0 amide bonds. The fraction of sp³-hybridized carbons (Fsp3) is 0.154. The van der Waals surface area contributed by atoms with Crippen molar-refractivity contribution in [2.45, 2.75) is 13.5 Å². The number of hydrogen-bond donors (Lipinski definition) is 0. The summed E-state index contributed by atoms with van der Waals surface area (Å²) in [5.74, 6) is 0.989. The molecule has 0 fully saturated rings. The molecule has 0 N–H and O–H groups in total. The molecule has 0 aromatic carbocycles. The van der Waals surface area contributed by atoms with Crippen LogP contribution in [0.15, 0.2) is 44.0 Å². The van der Waals surface area contributed by atoms with Gasteiger partial charge in [-0.25, -0.2) is 4.79 Å². The van der Waals surface area contributed by atoms with Gasteiger partial charge in [0.1, 0.15) is 18.1 Å². The summed E-state index contributed by atoms with van der Waals surface area (Å²) in [6.07, 6.45) is 1.53. The fourth-order valence-electron chi connectivity index (χ4n) is 1.59. The molecular formula is C13H10N2O5. The third kappa shape index (κ3) is 2.46. The van der Waals surface area contributed by atoms with Gasteiger partial charge in [0.15, 0.2) is 11.5 Å². The number of furan rings is 1. The van der Waals surface area contributed by atoms with Crippen LogP contribution in [0.4, 0.5) is 0 Å². The van der Waals surface area contributed by atoms with Crippen molar-refractivity contribution in [1.82, 2.24) is 10.3 Å². The highest BCUT2D eigenvalue weighted by Gasteiger charge is 2.15. The van der Waals surface area contributed by atoms with E-state index in [0.717, 1.165) is 0 Å². The summed E-state index contributed by atoms with van der Waals surface area (Å²) in [6.45, 7) is 1.67. The van der Waals surface area contributed by atoms with Crippen LogP contribution in [-0.4, -0.2) is 16.3 Å². The van der Waals surface area contributed by atoms with E-state index in [1.54, 1.807) is 25.1 Å². The number of nitrogens with zero attached hydrogens (tertiary/aromatic N) is 2. The molecule has 0 aliphatic carbocycles. The van der Waals surface area contributed by atoms with Crippen LogP contribution in [-0.2, 0) is 11.3 Å². The molecule has 0 atom stereocenters. The van der Waals surface area contributed by atoms with Gasteiger partial charge in [0, 0.05) is 12.1 Å². The van der Waals surface area contributed by atoms with Gasteiger partial charge in [-0.15, -0.1) is 0 Å². The number of aromatic nitrogens is 2. The Kier molecular flexibility index (Phi) is 3.08. The number of aryl methyl sites for hydroxylation is 1. The maximum Gasteiger partial charge on any atom is 0.360 e. The van der Waals surface area contributed by atoms with Crippen molar-refractivity contribution in [3.63, 3.8) is 0 Å².